The largest absolute Gasteiger partial charge is 0.488 e. The molecule has 0 amide bonds. The Hall–Kier alpha value is -3.03. The maximum Gasteiger partial charge on any atom is 0.395 e. The number of H-pyrrole nitrogens is 1. The molecule has 2 aromatic rings. The van der Waals surface area contributed by atoms with E-state index >= 15 is 0 Å². The highest BCUT2D eigenvalue weighted by Crippen LogP contribution is 2.17. The average molecular weight is 274 g/mol. The Kier molecular flexibility index (Phi) is 3.56. The summed E-state index contributed by atoms with van der Waals surface area (Å²) >= 11 is 0. The van der Waals surface area contributed by atoms with Crippen molar-refractivity contribution >= 4 is 17.8 Å². The quantitative estimate of drug-likeness (QED) is 0.641. The van der Waals surface area contributed by atoms with Crippen LogP contribution in [0.1, 0.15) is 17.2 Å². The van der Waals surface area contributed by atoms with Crippen LogP contribution in [0.2, 0.25) is 0 Å². The number of nitrogens with one attached hydrogen (secondary N) is 1. The van der Waals surface area contributed by atoms with E-state index in [0.717, 1.165) is 5.69 Å². The van der Waals surface area contributed by atoms with Gasteiger partial charge in [-0.1, -0.05) is 6.07 Å². The summed E-state index contributed by atoms with van der Waals surface area (Å²) in [4.78, 5) is 30.9. The third-order valence-electron chi connectivity index (χ3n) is 2.40. The molecular weight excluding hydrogens is 264 g/mol. The topological polar surface area (TPSA) is 122 Å². The minimum absolute atomic E-state index is 0.00130. The van der Waals surface area contributed by atoms with Crippen LogP contribution in [0.3, 0.4) is 0 Å². The zero-order valence-corrected chi connectivity index (χ0v) is 10.4. The lowest BCUT2D eigenvalue weighted by molar-refractivity contribution is -0.387. The highest BCUT2D eigenvalue weighted by Gasteiger charge is 2.21. The number of aromatic amines is 1. The normalized spacial score (nSPS) is 10.8. The second kappa shape index (κ2) is 5.31. The molecule has 2 aromatic heterocycles. The van der Waals surface area contributed by atoms with Crippen molar-refractivity contribution in [1.82, 2.24) is 15.0 Å². The van der Waals surface area contributed by atoms with Crippen molar-refractivity contribution in [2.45, 2.75) is 6.92 Å². The second-order valence-electron chi connectivity index (χ2n) is 3.92. The predicted octanol–water partition coefficient (Wildman–Crippen LogP) is 1.26. The van der Waals surface area contributed by atoms with Gasteiger partial charge in [-0.05, 0) is 31.2 Å². The molecule has 0 fully saturated rings. The maximum absolute atomic E-state index is 11.4. The van der Waals surface area contributed by atoms with Crippen molar-refractivity contribution in [3.8, 4) is 5.88 Å². The van der Waals surface area contributed by atoms with Gasteiger partial charge in [0.05, 0.1) is 10.6 Å². The van der Waals surface area contributed by atoms with Crippen molar-refractivity contribution < 1.29 is 10.0 Å². The fourth-order valence-corrected chi connectivity index (χ4v) is 1.54. The van der Waals surface area contributed by atoms with Crippen molar-refractivity contribution in [2.24, 2.45) is 0 Å². The summed E-state index contributed by atoms with van der Waals surface area (Å²) in [6.45, 7) is 1.83. The minimum atomic E-state index is -1.01. The summed E-state index contributed by atoms with van der Waals surface area (Å²) in [6, 6.07) is 5.38. The number of aromatic nitrogens is 3. The molecule has 0 aliphatic heterocycles. The summed E-state index contributed by atoms with van der Waals surface area (Å²) < 4.78 is 0. The van der Waals surface area contributed by atoms with Crippen LogP contribution in [0.15, 0.2) is 23.0 Å². The van der Waals surface area contributed by atoms with Crippen molar-refractivity contribution in [1.29, 1.82) is 0 Å². The third-order valence-corrected chi connectivity index (χ3v) is 2.40. The molecule has 0 radical (unpaired) electrons. The first-order chi connectivity index (χ1) is 9.47. The van der Waals surface area contributed by atoms with Crippen LogP contribution >= 0.6 is 0 Å². The molecule has 2 N–H and O–H groups in total. The Morgan fingerprint density at radius 3 is 2.70 bits per heavy atom. The van der Waals surface area contributed by atoms with Crippen LogP contribution in [0.5, 0.6) is 5.88 Å². The van der Waals surface area contributed by atoms with E-state index in [4.69, 9.17) is 0 Å². The summed E-state index contributed by atoms with van der Waals surface area (Å²) in [5.74, 6) is -0.919. The SMILES string of the molecule is Cc1cccc(C=Cc2nc(O)c([N+](=O)[O-])c(=O)[nH]2)n1. The number of rotatable bonds is 3. The van der Waals surface area contributed by atoms with Crippen molar-refractivity contribution in [2.75, 3.05) is 0 Å². The number of aryl methyl sites for hydroxylation is 1. The summed E-state index contributed by atoms with van der Waals surface area (Å²) in [6.07, 6.45) is 2.96. The van der Waals surface area contributed by atoms with Crippen molar-refractivity contribution in [3.05, 3.63) is 55.9 Å². The lowest BCUT2D eigenvalue weighted by Crippen LogP contribution is -2.14. The maximum atomic E-state index is 11.4. The van der Waals surface area contributed by atoms with E-state index in [0.29, 0.717) is 5.69 Å². The molecule has 0 aliphatic rings. The van der Waals surface area contributed by atoms with Crippen LogP contribution < -0.4 is 5.56 Å². The van der Waals surface area contributed by atoms with Gasteiger partial charge < -0.3 is 10.1 Å². The van der Waals surface area contributed by atoms with Gasteiger partial charge in [-0.2, -0.15) is 4.98 Å². The van der Waals surface area contributed by atoms with E-state index in [1.807, 2.05) is 19.1 Å². The van der Waals surface area contributed by atoms with Gasteiger partial charge in [-0.25, -0.2) is 0 Å². The Morgan fingerprint density at radius 1 is 1.35 bits per heavy atom. The van der Waals surface area contributed by atoms with Crippen molar-refractivity contribution in [3.63, 3.8) is 0 Å². The number of hydrogen-bond donors (Lipinski definition) is 2. The zero-order chi connectivity index (χ0) is 14.7. The number of nitrogens with zero attached hydrogens (tertiary/aromatic N) is 3. The van der Waals surface area contributed by atoms with Gasteiger partial charge in [0.2, 0.25) is 0 Å². The van der Waals surface area contributed by atoms with Gasteiger partial charge in [-0.3, -0.25) is 19.9 Å². The Labute approximate surface area is 112 Å². The molecule has 0 saturated carbocycles. The molecule has 0 aliphatic carbocycles. The first-order valence-electron chi connectivity index (χ1n) is 5.57. The standard InChI is InChI=1S/C12H10N4O4/c1-7-3-2-4-8(13-7)5-6-9-14-11(17)10(16(19)20)12(18)15-9/h2-6H,1H3,(H2,14,15,17,18). The number of pyridine rings is 1. The molecule has 0 atom stereocenters. The monoisotopic (exact) mass is 274 g/mol. The summed E-state index contributed by atoms with van der Waals surface area (Å²) in [7, 11) is 0. The lowest BCUT2D eigenvalue weighted by atomic mass is 10.3. The van der Waals surface area contributed by atoms with E-state index in [-0.39, 0.29) is 5.82 Å². The van der Waals surface area contributed by atoms with Crippen LogP contribution in [-0.2, 0) is 0 Å². The minimum Gasteiger partial charge on any atom is -0.488 e. The van der Waals surface area contributed by atoms with E-state index in [1.54, 1.807) is 12.1 Å². The van der Waals surface area contributed by atoms with Crippen LogP contribution in [0, 0.1) is 17.0 Å². The fourth-order valence-electron chi connectivity index (χ4n) is 1.54. The molecule has 8 nitrogen and oxygen atoms in total. The molecule has 2 heterocycles. The molecule has 102 valence electrons. The fraction of sp³-hybridized carbons (Fsp3) is 0.0833. The van der Waals surface area contributed by atoms with Gasteiger partial charge in [0, 0.05) is 5.69 Å². The summed E-state index contributed by atoms with van der Waals surface area (Å²) in [5.41, 5.74) is -0.541. The van der Waals surface area contributed by atoms with Gasteiger partial charge in [0.15, 0.2) is 0 Å². The highest BCUT2D eigenvalue weighted by atomic mass is 16.6. The molecule has 20 heavy (non-hydrogen) atoms. The second-order valence-corrected chi connectivity index (χ2v) is 3.92. The molecule has 0 saturated heterocycles. The van der Waals surface area contributed by atoms with Gasteiger partial charge in [0.1, 0.15) is 5.82 Å². The molecule has 0 unspecified atom stereocenters. The Bertz CT molecular complexity index is 751. The Balaban J connectivity index is 2.36. The smallest absolute Gasteiger partial charge is 0.395 e. The molecule has 0 aromatic carbocycles. The van der Waals surface area contributed by atoms with Gasteiger partial charge in [-0.15, -0.1) is 0 Å². The molecule has 0 spiro atoms. The number of hydrogen-bond acceptors (Lipinski definition) is 6. The Morgan fingerprint density at radius 2 is 2.10 bits per heavy atom. The predicted molar refractivity (Wildman–Crippen MR) is 71.1 cm³/mol. The third kappa shape index (κ3) is 2.86. The first-order valence-corrected chi connectivity index (χ1v) is 5.57. The van der Waals surface area contributed by atoms with Gasteiger partial charge >= 0.3 is 11.2 Å². The molecular formula is C12H10N4O4. The average Bonchev–Trinajstić information content (AvgIpc) is 2.35. The molecule has 8 heteroatoms. The molecule has 2 rings (SSSR count). The van der Waals surface area contributed by atoms with Crippen LogP contribution in [-0.4, -0.2) is 25.0 Å². The van der Waals surface area contributed by atoms with Crippen LogP contribution in [0.4, 0.5) is 5.69 Å². The first kappa shape index (κ1) is 13.4. The van der Waals surface area contributed by atoms with E-state index in [1.165, 1.54) is 6.08 Å². The van der Waals surface area contributed by atoms with E-state index < -0.39 is 22.0 Å². The van der Waals surface area contributed by atoms with E-state index in [9.17, 15) is 20.0 Å². The zero-order valence-electron chi connectivity index (χ0n) is 10.4. The lowest BCUT2D eigenvalue weighted by Gasteiger charge is -1.97. The number of nitro groups is 1. The van der Waals surface area contributed by atoms with E-state index in [2.05, 4.69) is 15.0 Å². The highest BCUT2D eigenvalue weighted by molar-refractivity contribution is 5.65. The van der Waals surface area contributed by atoms with Crippen LogP contribution in [0.25, 0.3) is 12.2 Å². The molecule has 0 bridgehead atoms. The number of aromatic hydroxyl groups is 1. The van der Waals surface area contributed by atoms with Gasteiger partial charge in [0.25, 0.3) is 5.88 Å². The summed E-state index contributed by atoms with van der Waals surface area (Å²) in [5, 5.41) is 19.9.